The molecule has 1 amide bonds. The molecular weight excluding hydrogens is 480 g/mol. The fourth-order valence-electron chi connectivity index (χ4n) is 3.76. The highest BCUT2D eigenvalue weighted by atomic mass is 32.2. The van der Waals surface area contributed by atoms with Crippen LogP contribution in [0.4, 0.5) is 14.5 Å². The van der Waals surface area contributed by atoms with E-state index in [4.69, 9.17) is 4.74 Å². The first kappa shape index (κ1) is 24.0. The zero-order valence-corrected chi connectivity index (χ0v) is 19.4. The average Bonchev–Trinajstić information content (AvgIpc) is 3.15. The van der Waals surface area contributed by atoms with Gasteiger partial charge < -0.3 is 14.6 Å². The molecule has 0 aliphatic heterocycles. The number of halogens is 2. The summed E-state index contributed by atoms with van der Waals surface area (Å²) < 4.78 is 59.7. The van der Waals surface area contributed by atoms with Gasteiger partial charge in [-0.25, -0.2) is 22.2 Å². The number of ether oxygens (including phenoxy) is 1. The van der Waals surface area contributed by atoms with E-state index in [0.717, 1.165) is 12.3 Å². The minimum Gasteiger partial charge on any atom is -0.481 e. The first-order valence-corrected chi connectivity index (χ1v) is 12.1. The predicted octanol–water partition coefficient (Wildman–Crippen LogP) is 3.60. The molecule has 0 aliphatic carbocycles. The van der Waals surface area contributed by atoms with E-state index in [2.05, 4.69) is 10.3 Å². The lowest BCUT2D eigenvalue weighted by Crippen LogP contribution is -2.25. The lowest BCUT2D eigenvalue weighted by Gasteiger charge is -2.12. The van der Waals surface area contributed by atoms with Gasteiger partial charge in [-0.3, -0.25) is 9.59 Å². The number of carbonyl (C=O) groups is 2. The fraction of sp³-hybridized carbons (Fsp3) is 0.125. The number of aromatic nitrogens is 2. The number of ketones is 1. The predicted molar refractivity (Wildman–Crippen MR) is 124 cm³/mol. The Hall–Kier alpha value is -4.12. The van der Waals surface area contributed by atoms with Crippen molar-refractivity contribution >= 4 is 38.1 Å². The second-order valence-electron chi connectivity index (χ2n) is 7.66. The molecule has 0 fully saturated rings. The van der Waals surface area contributed by atoms with Crippen molar-refractivity contribution in [2.24, 2.45) is 0 Å². The van der Waals surface area contributed by atoms with Gasteiger partial charge in [0.1, 0.15) is 16.7 Å². The van der Waals surface area contributed by atoms with E-state index in [1.807, 2.05) is 0 Å². The van der Waals surface area contributed by atoms with Crippen LogP contribution in [0.5, 0.6) is 5.88 Å². The van der Waals surface area contributed by atoms with Gasteiger partial charge in [0.05, 0.1) is 24.7 Å². The second kappa shape index (κ2) is 9.26. The van der Waals surface area contributed by atoms with E-state index in [1.54, 1.807) is 18.2 Å². The molecular formula is C24H19F2N3O5S. The van der Waals surface area contributed by atoms with Gasteiger partial charge >= 0.3 is 0 Å². The number of carbonyl (C=O) groups excluding carboxylic acids is 2. The number of rotatable bonds is 7. The Bertz CT molecular complexity index is 1580. The van der Waals surface area contributed by atoms with Gasteiger partial charge in [0, 0.05) is 41.2 Å². The number of benzene rings is 2. The van der Waals surface area contributed by atoms with Crippen LogP contribution >= 0.6 is 0 Å². The largest absolute Gasteiger partial charge is 0.481 e. The summed E-state index contributed by atoms with van der Waals surface area (Å²) in [4.78, 5) is 30.1. The summed E-state index contributed by atoms with van der Waals surface area (Å²) in [7, 11) is -2.71. The van der Waals surface area contributed by atoms with Crippen LogP contribution in [0.1, 0.15) is 15.9 Å². The van der Waals surface area contributed by atoms with Gasteiger partial charge in [-0.05, 0) is 18.2 Å². The van der Waals surface area contributed by atoms with E-state index in [0.29, 0.717) is 11.6 Å². The molecule has 2 aromatic heterocycles. The molecule has 0 atom stereocenters. The summed E-state index contributed by atoms with van der Waals surface area (Å²) in [6, 6.07) is 12.0. The number of sulfone groups is 1. The normalized spacial score (nSPS) is 11.4. The van der Waals surface area contributed by atoms with Gasteiger partial charge in [-0.1, -0.05) is 24.3 Å². The molecule has 180 valence electrons. The molecule has 35 heavy (non-hydrogen) atoms. The molecule has 0 saturated heterocycles. The highest BCUT2D eigenvalue weighted by molar-refractivity contribution is 7.90. The third-order valence-electron chi connectivity index (χ3n) is 5.25. The van der Waals surface area contributed by atoms with Crippen LogP contribution in [0.3, 0.4) is 0 Å². The second-order valence-corrected chi connectivity index (χ2v) is 9.59. The van der Waals surface area contributed by atoms with Crippen LogP contribution in [0.2, 0.25) is 0 Å². The summed E-state index contributed by atoms with van der Waals surface area (Å²) in [5, 5.41) is 2.17. The lowest BCUT2D eigenvalue weighted by molar-refractivity contribution is -0.112. The van der Waals surface area contributed by atoms with Gasteiger partial charge in [0.15, 0.2) is 9.84 Å². The Morgan fingerprint density at radius 3 is 2.51 bits per heavy atom. The number of Topliss-reactive ketones (excluding diaryl/α,β-unsaturated/α-hetero) is 1. The number of nitrogens with one attached hydrogen (secondary N) is 1. The third-order valence-corrected chi connectivity index (χ3v) is 6.38. The summed E-state index contributed by atoms with van der Waals surface area (Å²) >= 11 is 0. The Balaban J connectivity index is 1.86. The molecule has 2 heterocycles. The summed E-state index contributed by atoms with van der Waals surface area (Å²) in [5.41, 5.74) is 0.167. The maximum absolute atomic E-state index is 14.4. The summed E-state index contributed by atoms with van der Waals surface area (Å²) in [5.74, 6) is -3.65. The zero-order valence-electron chi connectivity index (χ0n) is 18.6. The van der Waals surface area contributed by atoms with Crippen molar-refractivity contribution in [2.75, 3.05) is 18.7 Å². The van der Waals surface area contributed by atoms with E-state index < -0.39 is 38.2 Å². The maximum Gasteiger partial charge on any atom is 0.296 e. The molecule has 4 rings (SSSR count). The molecule has 8 nitrogen and oxygen atoms in total. The molecule has 0 bridgehead atoms. The van der Waals surface area contributed by atoms with Gasteiger partial charge in [0.25, 0.3) is 11.7 Å². The van der Waals surface area contributed by atoms with Crippen molar-refractivity contribution in [1.82, 2.24) is 9.55 Å². The Labute approximate surface area is 199 Å². The summed E-state index contributed by atoms with van der Waals surface area (Å²) in [6.07, 6.45) is 2.26. The molecule has 0 unspecified atom stereocenters. The first-order chi connectivity index (χ1) is 16.6. The highest BCUT2D eigenvalue weighted by Gasteiger charge is 2.32. The standard InChI is InChI=1S/C24H19F2N3O5S/c1-34-20-12-16(9-10-27-20)28-23(31)22(30)21-17-5-3-4-6-19(17)29(24(21)35(2,32)33)13-14-7-8-15(25)11-18(14)26/h3-12H,13H2,1-2H3,(H,27,28,31). The topological polar surface area (TPSA) is 107 Å². The smallest absolute Gasteiger partial charge is 0.296 e. The molecule has 0 spiro atoms. The average molecular weight is 499 g/mol. The summed E-state index contributed by atoms with van der Waals surface area (Å²) in [6.45, 7) is -0.314. The molecule has 2 aromatic carbocycles. The number of para-hydroxylation sites is 1. The van der Waals surface area contributed by atoms with Crippen LogP contribution in [-0.2, 0) is 21.2 Å². The van der Waals surface area contributed by atoms with Crippen molar-refractivity contribution < 1.29 is 31.5 Å². The molecule has 1 N–H and O–H groups in total. The Morgan fingerprint density at radius 1 is 1.09 bits per heavy atom. The number of methoxy groups -OCH3 is 1. The molecule has 0 saturated carbocycles. The molecule has 4 aromatic rings. The number of hydrogen-bond donors (Lipinski definition) is 1. The third kappa shape index (κ3) is 4.76. The number of fused-ring (bicyclic) bond motifs is 1. The number of amides is 1. The van der Waals surface area contributed by atoms with Crippen molar-refractivity contribution in [3.63, 3.8) is 0 Å². The van der Waals surface area contributed by atoms with Gasteiger partial charge in [-0.2, -0.15) is 0 Å². The van der Waals surface area contributed by atoms with E-state index >= 15 is 0 Å². The van der Waals surface area contributed by atoms with Crippen molar-refractivity contribution in [3.8, 4) is 5.88 Å². The molecule has 0 aliphatic rings. The number of hydrogen-bond acceptors (Lipinski definition) is 6. The minimum absolute atomic E-state index is 0.00406. The maximum atomic E-state index is 14.4. The number of pyridine rings is 1. The van der Waals surface area contributed by atoms with Crippen molar-refractivity contribution in [3.05, 3.63) is 83.6 Å². The van der Waals surface area contributed by atoms with Crippen LogP contribution < -0.4 is 10.1 Å². The zero-order chi connectivity index (χ0) is 25.3. The van der Waals surface area contributed by atoms with Crippen molar-refractivity contribution in [2.45, 2.75) is 11.6 Å². The lowest BCUT2D eigenvalue weighted by atomic mass is 10.1. The van der Waals surface area contributed by atoms with Crippen LogP contribution in [0.25, 0.3) is 10.9 Å². The number of anilines is 1. The highest BCUT2D eigenvalue weighted by Crippen LogP contribution is 2.32. The number of nitrogens with zero attached hydrogens (tertiary/aromatic N) is 2. The van der Waals surface area contributed by atoms with Crippen LogP contribution in [0.15, 0.2) is 65.8 Å². The van der Waals surface area contributed by atoms with E-state index in [1.165, 1.54) is 42.1 Å². The minimum atomic E-state index is -4.09. The monoisotopic (exact) mass is 499 g/mol. The van der Waals surface area contributed by atoms with Crippen LogP contribution in [0, 0.1) is 11.6 Å². The van der Waals surface area contributed by atoms with Crippen LogP contribution in [-0.4, -0.2) is 43.0 Å². The van der Waals surface area contributed by atoms with Gasteiger partial charge in [-0.15, -0.1) is 0 Å². The fourth-order valence-corrected chi connectivity index (χ4v) is 4.90. The molecule has 11 heteroatoms. The van der Waals surface area contributed by atoms with E-state index in [-0.39, 0.29) is 34.6 Å². The quantitative estimate of drug-likeness (QED) is 0.308. The SMILES string of the molecule is COc1cc(NC(=O)C(=O)c2c(S(C)(=O)=O)n(Cc3ccc(F)cc3F)c3ccccc23)ccn1. The Kier molecular flexibility index (Phi) is 6.35. The van der Waals surface area contributed by atoms with E-state index in [9.17, 15) is 26.8 Å². The Morgan fingerprint density at radius 2 is 1.83 bits per heavy atom. The van der Waals surface area contributed by atoms with Gasteiger partial charge in [0.2, 0.25) is 5.88 Å². The first-order valence-electron chi connectivity index (χ1n) is 10.2. The molecule has 0 radical (unpaired) electrons. The van der Waals surface area contributed by atoms with Crippen molar-refractivity contribution in [1.29, 1.82) is 0 Å².